The van der Waals surface area contributed by atoms with E-state index in [1.165, 1.54) is 0 Å². The summed E-state index contributed by atoms with van der Waals surface area (Å²) in [7, 11) is 0. The maximum atomic E-state index is 13.0. The van der Waals surface area contributed by atoms with E-state index in [1.807, 2.05) is 68.4 Å². The number of carbonyl (C=O) groups excluding carboxylic acids is 1. The van der Waals surface area contributed by atoms with Crippen molar-refractivity contribution in [2.45, 2.75) is 40.2 Å². The molecule has 160 valence electrons. The Morgan fingerprint density at radius 1 is 1.10 bits per heavy atom. The van der Waals surface area contributed by atoms with Crippen LogP contribution in [0.15, 0.2) is 64.8 Å². The number of allylic oxidation sites excluding steroid dienone is 1. The summed E-state index contributed by atoms with van der Waals surface area (Å²) >= 11 is 0. The molecule has 0 spiro atoms. The molecule has 1 aliphatic heterocycles. The van der Waals surface area contributed by atoms with Crippen LogP contribution in [-0.2, 0) is 0 Å². The Morgan fingerprint density at radius 3 is 2.58 bits per heavy atom. The summed E-state index contributed by atoms with van der Waals surface area (Å²) < 4.78 is 5.73. The van der Waals surface area contributed by atoms with Crippen LogP contribution in [0.4, 0.5) is 4.79 Å². The number of rotatable bonds is 6. The van der Waals surface area contributed by atoms with Crippen molar-refractivity contribution in [1.29, 1.82) is 0 Å². The smallest absolute Gasteiger partial charge is 0.322 e. The number of nitrogens with one attached hydrogen (secondary N) is 1. The highest BCUT2D eigenvalue weighted by molar-refractivity contribution is 5.86. The van der Waals surface area contributed by atoms with E-state index in [2.05, 4.69) is 24.3 Å². The molecule has 2 aromatic carbocycles. The molecule has 1 atom stereocenters. The van der Waals surface area contributed by atoms with Gasteiger partial charge >= 0.3 is 6.03 Å². The zero-order valence-electron chi connectivity index (χ0n) is 18.4. The van der Waals surface area contributed by atoms with Crippen molar-refractivity contribution in [1.82, 2.24) is 20.4 Å². The predicted octanol–water partition coefficient (Wildman–Crippen LogP) is 5.59. The van der Waals surface area contributed by atoms with Crippen LogP contribution in [-0.4, -0.2) is 27.6 Å². The van der Waals surface area contributed by atoms with E-state index < -0.39 is 0 Å². The van der Waals surface area contributed by atoms with Gasteiger partial charge in [-0.1, -0.05) is 73.1 Å². The van der Waals surface area contributed by atoms with Crippen LogP contribution in [0.5, 0.6) is 0 Å². The predicted molar refractivity (Wildman–Crippen MR) is 121 cm³/mol. The number of aryl methyl sites for hydroxylation is 1. The van der Waals surface area contributed by atoms with Gasteiger partial charge in [0.25, 0.3) is 5.89 Å². The standard InChI is InChI=1S/C25H28N4O2/c1-16(2)13-14-29-18(4)21(22(26-25(29)30)19-10-6-5-7-11-19)24-27-23(28-31-24)20-12-8-9-17(3)15-20/h5-12,15-16,22H,13-14H2,1-4H3,(H,26,30). The van der Waals surface area contributed by atoms with Gasteiger partial charge in [0.05, 0.1) is 11.6 Å². The third-order valence-electron chi connectivity index (χ3n) is 5.59. The lowest BCUT2D eigenvalue weighted by molar-refractivity contribution is 0.202. The SMILES string of the molecule is CC1=C(c2nc(-c3cccc(C)c3)no2)C(c2ccccc2)NC(=O)N1CCC(C)C. The minimum Gasteiger partial charge on any atom is -0.334 e. The van der Waals surface area contributed by atoms with Crippen LogP contribution in [0.3, 0.4) is 0 Å². The maximum Gasteiger partial charge on any atom is 0.322 e. The Labute approximate surface area is 183 Å². The van der Waals surface area contributed by atoms with Crippen molar-refractivity contribution in [3.8, 4) is 11.4 Å². The largest absolute Gasteiger partial charge is 0.334 e. The molecular formula is C25H28N4O2. The Bertz CT molecular complexity index is 1100. The summed E-state index contributed by atoms with van der Waals surface area (Å²) in [6.07, 6.45) is 0.909. The fraction of sp³-hybridized carbons (Fsp3) is 0.320. The highest BCUT2D eigenvalue weighted by Gasteiger charge is 2.35. The Hall–Kier alpha value is -3.41. The first-order chi connectivity index (χ1) is 14.9. The van der Waals surface area contributed by atoms with Gasteiger partial charge in [0.15, 0.2) is 0 Å². The van der Waals surface area contributed by atoms with Crippen LogP contribution in [0.1, 0.15) is 50.3 Å². The molecule has 0 saturated heterocycles. The molecule has 1 aliphatic rings. The molecule has 0 aliphatic carbocycles. The van der Waals surface area contributed by atoms with Crippen LogP contribution in [0, 0.1) is 12.8 Å². The van der Waals surface area contributed by atoms with Gasteiger partial charge in [0, 0.05) is 17.8 Å². The zero-order valence-corrected chi connectivity index (χ0v) is 18.4. The molecule has 2 heterocycles. The number of urea groups is 1. The van der Waals surface area contributed by atoms with Gasteiger partial charge in [0.2, 0.25) is 5.82 Å². The Morgan fingerprint density at radius 2 is 1.87 bits per heavy atom. The lowest BCUT2D eigenvalue weighted by atomic mass is 9.94. The summed E-state index contributed by atoms with van der Waals surface area (Å²) in [5.74, 6) is 1.46. The topological polar surface area (TPSA) is 71.3 Å². The molecule has 0 bridgehead atoms. The number of benzene rings is 2. The second-order valence-electron chi connectivity index (χ2n) is 8.42. The number of aromatic nitrogens is 2. The summed E-state index contributed by atoms with van der Waals surface area (Å²) in [6, 6.07) is 17.4. The summed E-state index contributed by atoms with van der Waals surface area (Å²) in [5.41, 5.74) is 4.69. The Balaban J connectivity index is 1.78. The van der Waals surface area contributed by atoms with E-state index in [0.29, 0.717) is 24.2 Å². The van der Waals surface area contributed by atoms with E-state index in [9.17, 15) is 4.79 Å². The number of hydrogen-bond donors (Lipinski definition) is 1. The van der Waals surface area contributed by atoms with Crippen molar-refractivity contribution in [2.24, 2.45) is 5.92 Å². The first-order valence-corrected chi connectivity index (χ1v) is 10.7. The van der Waals surface area contributed by atoms with Gasteiger partial charge in [-0.05, 0) is 37.8 Å². The van der Waals surface area contributed by atoms with Crippen LogP contribution < -0.4 is 5.32 Å². The number of carbonyl (C=O) groups is 1. The Kier molecular flexibility index (Phi) is 5.89. The molecule has 0 fully saturated rings. The monoisotopic (exact) mass is 416 g/mol. The molecular weight excluding hydrogens is 388 g/mol. The second-order valence-corrected chi connectivity index (χ2v) is 8.42. The van der Waals surface area contributed by atoms with Gasteiger partial charge < -0.3 is 9.84 Å². The molecule has 4 rings (SSSR count). The zero-order chi connectivity index (χ0) is 22.0. The molecule has 0 saturated carbocycles. The minimum atomic E-state index is -0.352. The average Bonchev–Trinajstić information content (AvgIpc) is 3.23. The van der Waals surface area contributed by atoms with Crippen molar-refractivity contribution >= 4 is 11.6 Å². The molecule has 1 unspecified atom stereocenters. The maximum absolute atomic E-state index is 13.0. The van der Waals surface area contributed by atoms with E-state index in [-0.39, 0.29) is 12.1 Å². The van der Waals surface area contributed by atoms with Gasteiger partial charge in [-0.15, -0.1) is 0 Å². The van der Waals surface area contributed by atoms with Gasteiger partial charge in [-0.2, -0.15) is 4.98 Å². The van der Waals surface area contributed by atoms with Crippen molar-refractivity contribution in [3.05, 3.63) is 77.3 Å². The van der Waals surface area contributed by atoms with Crippen LogP contribution in [0.25, 0.3) is 17.0 Å². The molecule has 0 radical (unpaired) electrons. The fourth-order valence-corrected chi connectivity index (χ4v) is 3.84. The van der Waals surface area contributed by atoms with Crippen molar-refractivity contribution in [2.75, 3.05) is 6.54 Å². The minimum absolute atomic E-state index is 0.103. The summed E-state index contributed by atoms with van der Waals surface area (Å²) in [6.45, 7) is 8.94. The van der Waals surface area contributed by atoms with E-state index >= 15 is 0 Å². The highest BCUT2D eigenvalue weighted by Crippen LogP contribution is 2.37. The first-order valence-electron chi connectivity index (χ1n) is 10.7. The normalized spacial score (nSPS) is 16.7. The van der Waals surface area contributed by atoms with E-state index in [4.69, 9.17) is 9.51 Å². The number of hydrogen-bond acceptors (Lipinski definition) is 4. The molecule has 6 nitrogen and oxygen atoms in total. The lowest BCUT2D eigenvalue weighted by Crippen LogP contribution is -2.46. The van der Waals surface area contributed by atoms with Crippen molar-refractivity contribution in [3.63, 3.8) is 0 Å². The summed E-state index contributed by atoms with van der Waals surface area (Å²) in [5, 5.41) is 7.38. The third-order valence-corrected chi connectivity index (χ3v) is 5.59. The van der Waals surface area contributed by atoms with Gasteiger partial charge in [-0.3, -0.25) is 4.90 Å². The third kappa shape index (κ3) is 4.38. The lowest BCUT2D eigenvalue weighted by Gasteiger charge is -2.35. The van der Waals surface area contributed by atoms with Crippen LogP contribution >= 0.6 is 0 Å². The molecule has 6 heteroatoms. The van der Waals surface area contributed by atoms with Crippen LogP contribution in [0.2, 0.25) is 0 Å². The number of amides is 2. The number of nitrogens with zero attached hydrogens (tertiary/aromatic N) is 3. The van der Waals surface area contributed by atoms with E-state index in [0.717, 1.165) is 34.4 Å². The first kappa shape index (κ1) is 20.8. The molecule has 31 heavy (non-hydrogen) atoms. The fourth-order valence-electron chi connectivity index (χ4n) is 3.84. The highest BCUT2D eigenvalue weighted by atomic mass is 16.5. The molecule has 3 aromatic rings. The summed E-state index contributed by atoms with van der Waals surface area (Å²) in [4.78, 5) is 19.5. The van der Waals surface area contributed by atoms with Crippen molar-refractivity contribution < 1.29 is 9.32 Å². The van der Waals surface area contributed by atoms with Gasteiger partial charge in [0.1, 0.15) is 0 Å². The quantitative estimate of drug-likeness (QED) is 0.569. The molecule has 1 aromatic heterocycles. The molecule has 2 amide bonds. The average molecular weight is 417 g/mol. The molecule has 1 N–H and O–H groups in total. The van der Waals surface area contributed by atoms with E-state index in [1.54, 1.807) is 4.90 Å². The van der Waals surface area contributed by atoms with Gasteiger partial charge in [-0.25, -0.2) is 4.79 Å². The second kappa shape index (κ2) is 8.76.